The molecule has 0 spiro atoms. The van der Waals surface area contributed by atoms with Crippen LogP contribution in [0.3, 0.4) is 0 Å². The molecule has 2 rings (SSSR count). The van der Waals surface area contributed by atoms with Gasteiger partial charge in [0.25, 0.3) is 0 Å². The van der Waals surface area contributed by atoms with Crippen LogP contribution >= 0.6 is 0 Å². The van der Waals surface area contributed by atoms with Crippen LogP contribution < -0.4 is 5.32 Å². The molecule has 0 atom stereocenters. The van der Waals surface area contributed by atoms with Gasteiger partial charge in [-0.15, -0.1) is 0 Å². The Morgan fingerprint density at radius 3 is 2.70 bits per heavy atom. The summed E-state index contributed by atoms with van der Waals surface area (Å²) < 4.78 is 1.83. The fourth-order valence-electron chi connectivity index (χ4n) is 2.16. The van der Waals surface area contributed by atoms with Crippen LogP contribution in [0.4, 0.5) is 0 Å². The van der Waals surface area contributed by atoms with Crippen LogP contribution in [-0.2, 0) is 17.8 Å². The number of imidazole rings is 1. The van der Waals surface area contributed by atoms with E-state index in [2.05, 4.69) is 10.3 Å². The van der Waals surface area contributed by atoms with Crippen molar-refractivity contribution in [1.82, 2.24) is 14.9 Å². The van der Waals surface area contributed by atoms with Crippen LogP contribution in [0, 0.1) is 0 Å². The number of hydrogen-bond acceptors (Lipinski definition) is 3. The lowest BCUT2D eigenvalue weighted by molar-refractivity contribution is -0.121. The summed E-state index contributed by atoms with van der Waals surface area (Å²) in [5, 5.41) is 11.7. The maximum Gasteiger partial charge on any atom is 0.335 e. The number of benzene rings is 1. The average molecular weight is 275 g/mol. The van der Waals surface area contributed by atoms with E-state index in [-0.39, 0.29) is 18.0 Å². The van der Waals surface area contributed by atoms with Crippen LogP contribution in [0.1, 0.15) is 30.0 Å². The smallest absolute Gasteiger partial charge is 0.335 e. The van der Waals surface area contributed by atoms with Crippen molar-refractivity contribution in [2.45, 2.75) is 26.8 Å². The highest BCUT2D eigenvalue weighted by atomic mass is 16.4. The largest absolute Gasteiger partial charge is 0.478 e. The molecule has 6 heteroatoms. The Balaban J connectivity index is 2.47. The molecule has 0 radical (unpaired) electrons. The molecule has 0 bridgehead atoms. The molecule has 2 aromatic rings. The van der Waals surface area contributed by atoms with Crippen LogP contribution in [0.25, 0.3) is 11.0 Å². The van der Waals surface area contributed by atoms with Gasteiger partial charge < -0.3 is 15.0 Å². The quantitative estimate of drug-likeness (QED) is 0.864. The Hall–Kier alpha value is -2.37. The summed E-state index contributed by atoms with van der Waals surface area (Å²) in [5.41, 5.74) is 1.58. The predicted molar refractivity (Wildman–Crippen MR) is 74.8 cm³/mol. The topological polar surface area (TPSA) is 84.2 Å². The zero-order chi connectivity index (χ0) is 14.7. The summed E-state index contributed by atoms with van der Waals surface area (Å²) in [6.07, 6.45) is 0.677. The van der Waals surface area contributed by atoms with Gasteiger partial charge in [0.2, 0.25) is 5.91 Å². The van der Waals surface area contributed by atoms with E-state index < -0.39 is 5.97 Å². The normalized spacial score (nSPS) is 10.7. The van der Waals surface area contributed by atoms with Gasteiger partial charge >= 0.3 is 5.97 Å². The van der Waals surface area contributed by atoms with Gasteiger partial charge in [-0.2, -0.15) is 0 Å². The minimum Gasteiger partial charge on any atom is -0.478 e. The van der Waals surface area contributed by atoms with Crippen LogP contribution in [-0.4, -0.2) is 33.1 Å². The van der Waals surface area contributed by atoms with Crippen molar-refractivity contribution in [3.63, 3.8) is 0 Å². The summed E-state index contributed by atoms with van der Waals surface area (Å²) in [5.74, 6) is -0.291. The second-order valence-corrected chi connectivity index (χ2v) is 4.43. The summed E-state index contributed by atoms with van der Waals surface area (Å²) in [7, 11) is 0. The standard InChI is InChI=1S/C14H17N3O3/c1-3-12-16-10-7-9(14(19)20)5-6-11(10)17(12)8-13(18)15-4-2/h5-7H,3-4,8H2,1-2H3,(H,15,18)(H,19,20). The van der Waals surface area contributed by atoms with E-state index >= 15 is 0 Å². The number of aromatic nitrogens is 2. The second kappa shape index (κ2) is 5.73. The second-order valence-electron chi connectivity index (χ2n) is 4.43. The number of carboxylic acids is 1. The van der Waals surface area contributed by atoms with E-state index in [4.69, 9.17) is 5.11 Å². The molecule has 6 nitrogen and oxygen atoms in total. The number of carboxylic acid groups (broad SMARTS) is 1. The number of rotatable bonds is 5. The average Bonchev–Trinajstić information content (AvgIpc) is 2.76. The molecule has 0 saturated heterocycles. The molecule has 0 aliphatic heterocycles. The van der Waals surface area contributed by atoms with Crippen molar-refractivity contribution < 1.29 is 14.7 Å². The van der Waals surface area contributed by atoms with E-state index in [1.54, 1.807) is 6.07 Å². The number of carbonyl (C=O) groups is 2. The number of likely N-dealkylation sites (N-methyl/N-ethyl adjacent to an activating group) is 1. The highest BCUT2D eigenvalue weighted by Crippen LogP contribution is 2.18. The predicted octanol–water partition coefficient (Wildman–Crippen LogP) is 1.43. The molecular formula is C14H17N3O3. The minimum atomic E-state index is -0.983. The van der Waals surface area contributed by atoms with Crippen LogP contribution in [0.2, 0.25) is 0 Å². The summed E-state index contributed by atoms with van der Waals surface area (Å²) >= 11 is 0. The van der Waals surface area contributed by atoms with Gasteiger partial charge in [0.1, 0.15) is 12.4 Å². The van der Waals surface area contributed by atoms with E-state index in [9.17, 15) is 9.59 Å². The molecule has 1 aromatic heterocycles. The van der Waals surface area contributed by atoms with E-state index in [1.807, 2.05) is 18.4 Å². The van der Waals surface area contributed by atoms with Crippen molar-refractivity contribution in [1.29, 1.82) is 0 Å². The van der Waals surface area contributed by atoms with Gasteiger partial charge in [0, 0.05) is 13.0 Å². The highest BCUT2D eigenvalue weighted by molar-refractivity contribution is 5.92. The Morgan fingerprint density at radius 1 is 1.35 bits per heavy atom. The molecule has 2 N–H and O–H groups in total. The van der Waals surface area contributed by atoms with Crippen LogP contribution in [0.15, 0.2) is 18.2 Å². The number of nitrogens with zero attached hydrogens (tertiary/aromatic N) is 2. The molecule has 1 amide bonds. The summed E-state index contributed by atoms with van der Waals surface area (Å²) in [6, 6.07) is 4.76. The molecule has 0 unspecified atom stereocenters. The number of fused-ring (bicyclic) bond motifs is 1. The van der Waals surface area contributed by atoms with Crippen molar-refractivity contribution in [2.24, 2.45) is 0 Å². The maximum atomic E-state index is 11.7. The molecule has 1 aromatic carbocycles. The first-order valence-electron chi connectivity index (χ1n) is 6.56. The number of carbonyl (C=O) groups excluding carboxylic acids is 1. The molecule has 106 valence electrons. The van der Waals surface area contributed by atoms with Crippen molar-refractivity contribution in [2.75, 3.05) is 6.54 Å². The molecule has 20 heavy (non-hydrogen) atoms. The molecule has 1 heterocycles. The van der Waals surface area contributed by atoms with Gasteiger partial charge in [0.05, 0.1) is 16.6 Å². The summed E-state index contributed by atoms with van der Waals surface area (Å²) in [6.45, 7) is 4.59. The number of amides is 1. The first-order chi connectivity index (χ1) is 9.56. The Morgan fingerprint density at radius 2 is 2.10 bits per heavy atom. The van der Waals surface area contributed by atoms with Crippen LogP contribution in [0.5, 0.6) is 0 Å². The Labute approximate surface area is 116 Å². The third-order valence-corrected chi connectivity index (χ3v) is 3.07. The number of nitrogens with one attached hydrogen (secondary N) is 1. The molecule has 0 aliphatic rings. The lowest BCUT2D eigenvalue weighted by Crippen LogP contribution is -2.27. The highest BCUT2D eigenvalue weighted by Gasteiger charge is 2.14. The number of hydrogen-bond donors (Lipinski definition) is 2. The van der Waals surface area contributed by atoms with Crippen molar-refractivity contribution in [3.05, 3.63) is 29.6 Å². The maximum absolute atomic E-state index is 11.7. The summed E-state index contributed by atoms with van der Waals surface area (Å²) in [4.78, 5) is 27.1. The fraction of sp³-hybridized carbons (Fsp3) is 0.357. The third-order valence-electron chi connectivity index (χ3n) is 3.07. The zero-order valence-corrected chi connectivity index (χ0v) is 11.5. The first kappa shape index (κ1) is 14.0. The Kier molecular flexibility index (Phi) is 4.02. The SMILES string of the molecule is CCNC(=O)Cn1c(CC)nc2cc(C(=O)O)ccc21. The zero-order valence-electron chi connectivity index (χ0n) is 11.5. The molecule has 0 saturated carbocycles. The van der Waals surface area contributed by atoms with Gasteiger partial charge in [0.15, 0.2) is 0 Å². The van der Waals surface area contributed by atoms with E-state index in [0.29, 0.717) is 18.5 Å². The third kappa shape index (κ3) is 2.64. The molecule has 0 aliphatic carbocycles. The monoisotopic (exact) mass is 275 g/mol. The first-order valence-corrected chi connectivity index (χ1v) is 6.56. The Bertz CT molecular complexity index is 661. The molecular weight excluding hydrogens is 258 g/mol. The van der Waals surface area contributed by atoms with Gasteiger partial charge in [-0.1, -0.05) is 6.92 Å². The fourth-order valence-corrected chi connectivity index (χ4v) is 2.16. The van der Waals surface area contributed by atoms with Crippen molar-refractivity contribution >= 4 is 22.9 Å². The molecule has 0 fully saturated rings. The van der Waals surface area contributed by atoms with Gasteiger partial charge in [-0.3, -0.25) is 4.79 Å². The number of aromatic carboxylic acids is 1. The van der Waals surface area contributed by atoms with E-state index in [0.717, 1.165) is 11.3 Å². The van der Waals surface area contributed by atoms with Crippen molar-refractivity contribution in [3.8, 4) is 0 Å². The lowest BCUT2D eigenvalue weighted by Gasteiger charge is -2.08. The van der Waals surface area contributed by atoms with Gasteiger partial charge in [-0.05, 0) is 25.1 Å². The number of aryl methyl sites for hydroxylation is 1. The minimum absolute atomic E-state index is 0.0798. The van der Waals surface area contributed by atoms with Gasteiger partial charge in [-0.25, -0.2) is 9.78 Å². The van der Waals surface area contributed by atoms with E-state index in [1.165, 1.54) is 12.1 Å². The lowest BCUT2D eigenvalue weighted by atomic mass is 10.2.